The second-order valence-corrected chi connectivity index (χ2v) is 10.5. The fraction of sp³-hybridized carbons (Fsp3) is 0.500. The fourth-order valence-electron chi connectivity index (χ4n) is 6.03. The molecule has 1 fully saturated rings. The summed E-state index contributed by atoms with van der Waals surface area (Å²) in [6.45, 7) is 7.95. The largest absolute Gasteiger partial charge is 0.508 e. The Bertz CT molecular complexity index is 1200. The standard InChI is InChI=1S/C26H32N2O7/c1-10(2)17-15-8-13-7-14-12(9-28-11(3)4)5-6-16(29)19(14)22(31)18(13)23(32)26(15,35)24(33)20(21(17)30)25(27)34/h5-6,10-11,13,15,17,28-29,31,33,35H,7-9H2,1-4H3,(H2,27,34)/t13-,15-,17-,26-/m0/s1. The summed E-state index contributed by atoms with van der Waals surface area (Å²) in [5.74, 6) is -7.52. The monoisotopic (exact) mass is 484 g/mol. The molecule has 9 nitrogen and oxygen atoms in total. The van der Waals surface area contributed by atoms with Crippen LogP contribution in [0.4, 0.5) is 0 Å². The molecule has 0 bridgehead atoms. The van der Waals surface area contributed by atoms with Crippen molar-refractivity contribution < 1.29 is 34.8 Å². The summed E-state index contributed by atoms with van der Waals surface area (Å²) in [6.07, 6.45) is 0.404. The summed E-state index contributed by atoms with van der Waals surface area (Å²) >= 11 is 0. The first-order valence-corrected chi connectivity index (χ1v) is 11.9. The van der Waals surface area contributed by atoms with Gasteiger partial charge in [0, 0.05) is 30.0 Å². The van der Waals surface area contributed by atoms with Crippen molar-refractivity contribution in [1.82, 2.24) is 5.32 Å². The number of fused-ring (bicyclic) bond motifs is 3. The van der Waals surface area contributed by atoms with Crippen LogP contribution in [0.25, 0.3) is 5.76 Å². The number of ketones is 2. The van der Waals surface area contributed by atoms with E-state index in [1.807, 2.05) is 13.8 Å². The lowest BCUT2D eigenvalue weighted by atomic mass is 9.54. The molecule has 0 saturated heterocycles. The lowest BCUT2D eigenvalue weighted by molar-refractivity contribution is -0.155. The summed E-state index contributed by atoms with van der Waals surface area (Å²) < 4.78 is 0. The van der Waals surface area contributed by atoms with Crippen molar-refractivity contribution in [1.29, 1.82) is 0 Å². The maximum Gasteiger partial charge on any atom is 0.255 e. The number of carbonyl (C=O) groups is 3. The summed E-state index contributed by atoms with van der Waals surface area (Å²) in [5.41, 5.74) is 3.49. The molecule has 3 aliphatic carbocycles. The molecule has 0 aliphatic heterocycles. The van der Waals surface area contributed by atoms with Crippen LogP contribution in [0, 0.1) is 23.7 Å². The average Bonchev–Trinajstić information content (AvgIpc) is 2.75. The van der Waals surface area contributed by atoms with E-state index >= 15 is 0 Å². The van der Waals surface area contributed by atoms with E-state index in [0.29, 0.717) is 18.5 Å². The summed E-state index contributed by atoms with van der Waals surface area (Å²) in [6, 6.07) is 3.40. The molecule has 0 radical (unpaired) electrons. The van der Waals surface area contributed by atoms with E-state index in [2.05, 4.69) is 5.32 Å². The van der Waals surface area contributed by atoms with E-state index in [1.165, 1.54) is 6.07 Å². The molecule has 4 atom stereocenters. The Morgan fingerprint density at radius 3 is 2.40 bits per heavy atom. The second kappa shape index (κ2) is 8.49. The maximum atomic E-state index is 13.8. The molecule has 9 heteroatoms. The van der Waals surface area contributed by atoms with E-state index in [1.54, 1.807) is 19.9 Å². The summed E-state index contributed by atoms with van der Waals surface area (Å²) in [4.78, 5) is 39.0. The van der Waals surface area contributed by atoms with Crippen LogP contribution in [0.15, 0.2) is 29.0 Å². The highest BCUT2D eigenvalue weighted by molar-refractivity contribution is 6.23. The van der Waals surface area contributed by atoms with Crippen molar-refractivity contribution in [3.05, 3.63) is 45.7 Å². The van der Waals surface area contributed by atoms with Crippen molar-refractivity contribution in [2.75, 3.05) is 0 Å². The van der Waals surface area contributed by atoms with E-state index in [4.69, 9.17) is 5.73 Å². The van der Waals surface area contributed by atoms with Crippen molar-refractivity contribution in [3.63, 3.8) is 0 Å². The number of hydrogen-bond acceptors (Lipinski definition) is 8. The van der Waals surface area contributed by atoms with Gasteiger partial charge in [0.2, 0.25) is 5.78 Å². The van der Waals surface area contributed by atoms with Gasteiger partial charge in [-0.3, -0.25) is 14.4 Å². The number of nitrogens with one attached hydrogen (secondary N) is 1. The number of aromatic hydroxyl groups is 1. The average molecular weight is 485 g/mol. The van der Waals surface area contributed by atoms with Crippen LogP contribution in [-0.4, -0.2) is 49.5 Å². The molecule has 35 heavy (non-hydrogen) atoms. The van der Waals surface area contributed by atoms with Crippen LogP contribution in [0.1, 0.15) is 50.8 Å². The Balaban J connectivity index is 1.92. The molecule has 4 rings (SSSR count). The fourth-order valence-corrected chi connectivity index (χ4v) is 6.03. The number of primary amides is 1. The number of carbonyl (C=O) groups excluding carboxylic acids is 3. The second-order valence-electron chi connectivity index (χ2n) is 10.5. The SMILES string of the molecule is CC(C)NCc1ccc(O)c2c1C[C@H]1C[C@H]3[C@H](C(C)C)C(=O)C(C(N)=O)=C(O)[C@@]3(O)C(=O)C1=C2O. The third-order valence-corrected chi connectivity index (χ3v) is 7.65. The highest BCUT2D eigenvalue weighted by atomic mass is 16.3. The minimum atomic E-state index is -2.59. The van der Waals surface area contributed by atoms with Gasteiger partial charge in [-0.15, -0.1) is 0 Å². The number of nitrogens with two attached hydrogens (primary N) is 1. The van der Waals surface area contributed by atoms with Crippen molar-refractivity contribution in [2.24, 2.45) is 29.4 Å². The van der Waals surface area contributed by atoms with Gasteiger partial charge in [-0.05, 0) is 41.9 Å². The highest BCUT2D eigenvalue weighted by Crippen LogP contribution is 2.54. The Labute approximate surface area is 203 Å². The topological polar surface area (TPSA) is 170 Å². The molecule has 1 saturated carbocycles. The smallest absolute Gasteiger partial charge is 0.255 e. The Kier molecular flexibility index (Phi) is 6.05. The molecule has 1 aromatic carbocycles. The summed E-state index contributed by atoms with van der Waals surface area (Å²) in [7, 11) is 0. The third kappa shape index (κ3) is 3.56. The normalized spacial score (nSPS) is 28.4. The maximum absolute atomic E-state index is 13.8. The first-order valence-electron chi connectivity index (χ1n) is 11.9. The number of amides is 1. The minimum absolute atomic E-state index is 0.110. The number of rotatable bonds is 5. The number of phenolic OH excluding ortho intramolecular Hbond substituents is 1. The highest BCUT2D eigenvalue weighted by Gasteiger charge is 2.64. The lowest BCUT2D eigenvalue weighted by Gasteiger charge is -2.50. The molecule has 0 aromatic heterocycles. The van der Waals surface area contributed by atoms with E-state index in [9.17, 15) is 34.8 Å². The predicted octanol–water partition coefficient (Wildman–Crippen LogP) is 1.80. The molecular formula is C26H32N2O7. The quantitative estimate of drug-likeness (QED) is 0.344. The number of phenols is 1. The van der Waals surface area contributed by atoms with E-state index in [0.717, 1.165) is 5.56 Å². The molecule has 0 unspecified atom stereocenters. The third-order valence-electron chi connectivity index (χ3n) is 7.65. The zero-order valence-corrected chi connectivity index (χ0v) is 20.3. The number of Topliss-reactive ketones (excluding diaryl/α,β-unsaturated/α-hetero) is 2. The molecule has 1 aromatic rings. The minimum Gasteiger partial charge on any atom is -0.508 e. The van der Waals surface area contributed by atoms with Gasteiger partial charge >= 0.3 is 0 Å². The van der Waals surface area contributed by atoms with Crippen molar-refractivity contribution in [2.45, 2.75) is 58.7 Å². The molecule has 0 spiro atoms. The number of benzene rings is 1. The van der Waals surface area contributed by atoms with Crippen LogP contribution < -0.4 is 11.1 Å². The van der Waals surface area contributed by atoms with Crippen LogP contribution in [0.3, 0.4) is 0 Å². The zero-order chi connectivity index (χ0) is 26.0. The molecule has 3 aliphatic rings. The Morgan fingerprint density at radius 1 is 1.17 bits per heavy atom. The molecule has 1 amide bonds. The Hall–Kier alpha value is -3.17. The van der Waals surface area contributed by atoms with Gasteiger partial charge in [0.15, 0.2) is 11.4 Å². The molecule has 188 valence electrons. The Morgan fingerprint density at radius 2 is 1.83 bits per heavy atom. The van der Waals surface area contributed by atoms with Gasteiger partial charge in [0.25, 0.3) is 5.91 Å². The van der Waals surface area contributed by atoms with Gasteiger partial charge in [0.05, 0.1) is 5.56 Å². The van der Waals surface area contributed by atoms with Crippen LogP contribution in [0.5, 0.6) is 5.75 Å². The van der Waals surface area contributed by atoms with Crippen LogP contribution in [-0.2, 0) is 27.3 Å². The van der Waals surface area contributed by atoms with Crippen molar-refractivity contribution >= 4 is 23.2 Å². The molecular weight excluding hydrogens is 452 g/mol. The van der Waals surface area contributed by atoms with Gasteiger partial charge in [-0.1, -0.05) is 33.8 Å². The number of hydrogen-bond donors (Lipinski definition) is 6. The van der Waals surface area contributed by atoms with Crippen molar-refractivity contribution in [3.8, 4) is 5.75 Å². The first kappa shape index (κ1) is 24.9. The number of aliphatic hydroxyl groups excluding tert-OH is 2. The van der Waals surface area contributed by atoms with Gasteiger partial charge < -0.3 is 31.5 Å². The van der Waals surface area contributed by atoms with E-state index < -0.39 is 57.9 Å². The van der Waals surface area contributed by atoms with Gasteiger partial charge in [0.1, 0.15) is 22.8 Å². The zero-order valence-electron chi connectivity index (χ0n) is 20.3. The van der Waals surface area contributed by atoms with Gasteiger partial charge in [-0.25, -0.2) is 0 Å². The van der Waals surface area contributed by atoms with E-state index in [-0.39, 0.29) is 35.3 Å². The molecule has 7 N–H and O–H groups in total. The lowest BCUT2D eigenvalue weighted by Crippen LogP contribution is -2.62. The first-order chi connectivity index (χ1) is 16.3. The predicted molar refractivity (Wildman–Crippen MR) is 127 cm³/mol. The number of aliphatic hydroxyl groups is 3. The van der Waals surface area contributed by atoms with Crippen LogP contribution >= 0.6 is 0 Å². The summed E-state index contributed by atoms with van der Waals surface area (Å²) in [5, 5.41) is 47.6. The van der Waals surface area contributed by atoms with Crippen LogP contribution in [0.2, 0.25) is 0 Å². The van der Waals surface area contributed by atoms with Gasteiger partial charge in [-0.2, -0.15) is 0 Å². The molecule has 0 heterocycles.